The van der Waals surface area contributed by atoms with Crippen molar-refractivity contribution in [1.82, 2.24) is 4.90 Å². The van der Waals surface area contributed by atoms with Gasteiger partial charge in [0, 0.05) is 30.7 Å². The van der Waals surface area contributed by atoms with Crippen LogP contribution in [0.4, 0.5) is 5.69 Å². The third kappa shape index (κ3) is 3.52. The molecule has 0 aliphatic carbocycles. The molecule has 1 amide bonds. The van der Waals surface area contributed by atoms with Crippen LogP contribution in [0.25, 0.3) is 0 Å². The molecule has 1 saturated heterocycles. The van der Waals surface area contributed by atoms with Gasteiger partial charge < -0.3 is 14.5 Å². The number of carbonyl (C=O) groups excluding carboxylic acids is 1. The lowest BCUT2D eigenvalue weighted by Gasteiger charge is -2.36. The van der Waals surface area contributed by atoms with Crippen LogP contribution in [0.15, 0.2) is 46.9 Å². The Balaban J connectivity index is 1.71. The van der Waals surface area contributed by atoms with E-state index in [0.717, 1.165) is 28.3 Å². The number of nitrogens with zero attached hydrogens (tertiary/aromatic N) is 2. The fraction of sp³-hybridized carbons (Fsp3) is 0.278. The number of ether oxygens (including phenoxy) is 1. The average molecular weight is 410 g/mol. The fourth-order valence-electron chi connectivity index (χ4n) is 2.82. The van der Waals surface area contributed by atoms with Gasteiger partial charge in [0.05, 0.1) is 23.4 Å². The lowest BCUT2D eigenvalue weighted by atomic mass is 10.1. The number of hydrogen-bond acceptors (Lipinski definition) is 3. The minimum Gasteiger partial charge on any atom is -0.497 e. The number of halogens is 2. The molecule has 0 atom stereocenters. The Kier molecular flexibility index (Phi) is 5.31. The highest BCUT2D eigenvalue weighted by Crippen LogP contribution is 2.27. The van der Waals surface area contributed by atoms with E-state index in [1.807, 2.05) is 41.3 Å². The van der Waals surface area contributed by atoms with Gasteiger partial charge in [-0.3, -0.25) is 4.79 Å². The Morgan fingerprint density at radius 2 is 1.83 bits per heavy atom. The number of anilines is 1. The number of para-hydroxylation sites is 1. The van der Waals surface area contributed by atoms with Crippen LogP contribution in [-0.4, -0.2) is 44.1 Å². The third-order valence-electron chi connectivity index (χ3n) is 4.16. The predicted octanol–water partition coefficient (Wildman–Crippen LogP) is 4.07. The molecular weight excluding hydrogens is 392 g/mol. The SMILES string of the molecule is COc1ccc(Br)c(C(=O)N2CCN(c3ccccc3Cl)CC2)c1. The molecule has 1 aliphatic rings. The molecule has 3 rings (SSSR count). The summed E-state index contributed by atoms with van der Waals surface area (Å²) < 4.78 is 6.00. The average Bonchev–Trinajstić information content (AvgIpc) is 2.62. The molecule has 0 aromatic heterocycles. The first-order valence-electron chi connectivity index (χ1n) is 7.72. The lowest BCUT2D eigenvalue weighted by Crippen LogP contribution is -2.49. The van der Waals surface area contributed by atoms with Crippen molar-refractivity contribution < 1.29 is 9.53 Å². The summed E-state index contributed by atoms with van der Waals surface area (Å²) in [7, 11) is 1.60. The molecule has 4 nitrogen and oxygen atoms in total. The van der Waals surface area contributed by atoms with E-state index in [-0.39, 0.29) is 5.91 Å². The van der Waals surface area contributed by atoms with Gasteiger partial charge in [-0.2, -0.15) is 0 Å². The number of methoxy groups -OCH3 is 1. The van der Waals surface area contributed by atoms with Crippen LogP contribution >= 0.6 is 27.5 Å². The summed E-state index contributed by atoms with van der Waals surface area (Å²) in [5.74, 6) is 0.691. The summed E-state index contributed by atoms with van der Waals surface area (Å²) in [5.41, 5.74) is 1.65. The van der Waals surface area contributed by atoms with Crippen LogP contribution in [0, 0.1) is 0 Å². The summed E-state index contributed by atoms with van der Waals surface area (Å²) in [5, 5.41) is 0.743. The molecule has 1 fully saturated rings. The molecule has 0 bridgehead atoms. The van der Waals surface area contributed by atoms with E-state index in [2.05, 4.69) is 20.8 Å². The number of rotatable bonds is 3. The maximum Gasteiger partial charge on any atom is 0.255 e. The summed E-state index contributed by atoms with van der Waals surface area (Å²) in [6.07, 6.45) is 0. The first-order chi connectivity index (χ1) is 11.6. The summed E-state index contributed by atoms with van der Waals surface area (Å²) >= 11 is 9.72. The van der Waals surface area contributed by atoms with Crippen LogP contribution in [0.1, 0.15) is 10.4 Å². The minimum absolute atomic E-state index is 0.0135. The first-order valence-corrected chi connectivity index (χ1v) is 8.89. The molecular formula is C18H18BrClN2O2. The zero-order chi connectivity index (χ0) is 17.1. The van der Waals surface area contributed by atoms with E-state index in [1.165, 1.54) is 0 Å². The topological polar surface area (TPSA) is 32.8 Å². The second-order valence-corrected chi connectivity index (χ2v) is 6.84. The van der Waals surface area contributed by atoms with Gasteiger partial charge in [0.15, 0.2) is 0 Å². The smallest absolute Gasteiger partial charge is 0.255 e. The molecule has 24 heavy (non-hydrogen) atoms. The van der Waals surface area contributed by atoms with Crippen molar-refractivity contribution in [2.24, 2.45) is 0 Å². The molecule has 2 aromatic rings. The number of benzene rings is 2. The van der Waals surface area contributed by atoms with E-state index in [9.17, 15) is 4.79 Å². The van der Waals surface area contributed by atoms with Crippen LogP contribution in [0.2, 0.25) is 5.02 Å². The van der Waals surface area contributed by atoms with Gasteiger partial charge in [-0.25, -0.2) is 0 Å². The number of amides is 1. The van der Waals surface area contributed by atoms with Crippen molar-refractivity contribution in [2.75, 3.05) is 38.2 Å². The normalized spacial score (nSPS) is 14.6. The number of piperazine rings is 1. The van der Waals surface area contributed by atoms with E-state index in [0.29, 0.717) is 24.4 Å². The summed E-state index contributed by atoms with van der Waals surface area (Å²) in [6, 6.07) is 13.2. The Bertz CT molecular complexity index is 746. The zero-order valence-electron chi connectivity index (χ0n) is 13.3. The highest BCUT2D eigenvalue weighted by atomic mass is 79.9. The molecule has 1 heterocycles. The molecule has 1 aliphatic heterocycles. The van der Waals surface area contributed by atoms with Gasteiger partial charge >= 0.3 is 0 Å². The van der Waals surface area contributed by atoms with Gasteiger partial charge in [-0.05, 0) is 46.3 Å². The minimum atomic E-state index is 0.0135. The maximum absolute atomic E-state index is 12.8. The van der Waals surface area contributed by atoms with Crippen LogP contribution in [0.3, 0.4) is 0 Å². The maximum atomic E-state index is 12.8. The Hall–Kier alpha value is -1.72. The third-order valence-corrected chi connectivity index (χ3v) is 5.18. The largest absolute Gasteiger partial charge is 0.497 e. The van der Waals surface area contributed by atoms with E-state index in [4.69, 9.17) is 16.3 Å². The van der Waals surface area contributed by atoms with Crippen molar-refractivity contribution in [3.05, 3.63) is 57.5 Å². The monoisotopic (exact) mass is 408 g/mol. The van der Waals surface area contributed by atoms with E-state index < -0.39 is 0 Å². The van der Waals surface area contributed by atoms with Gasteiger partial charge in [0.2, 0.25) is 0 Å². The summed E-state index contributed by atoms with van der Waals surface area (Å²) in [6.45, 7) is 2.84. The van der Waals surface area contributed by atoms with Crippen LogP contribution in [0.5, 0.6) is 5.75 Å². The zero-order valence-corrected chi connectivity index (χ0v) is 15.7. The van der Waals surface area contributed by atoms with Crippen molar-refractivity contribution >= 4 is 39.1 Å². The highest BCUT2D eigenvalue weighted by Gasteiger charge is 2.24. The van der Waals surface area contributed by atoms with Crippen LogP contribution in [-0.2, 0) is 0 Å². The molecule has 2 aromatic carbocycles. The Labute approximate surface area is 155 Å². The summed E-state index contributed by atoms with van der Waals surface area (Å²) in [4.78, 5) is 16.9. The molecule has 0 unspecified atom stereocenters. The van der Waals surface area contributed by atoms with E-state index in [1.54, 1.807) is 13.2 Å². The molecule has 0 saturated carbocycles. The molecule has 0 spiro atoms. The van der Waals surface area contributed by atoms with E-state index >= 15 is 0 Å². The predicted molar refractivity (Wildman–Crippen MR) is 100 cm³/mol. The quantitative estimate of drug-likeness (QED) is 0.766. The molecule has 0 radical (unpaired) electrons. The fourth-order valence-corrected chi connectivity index (χ4v) is 3.50. The molecule has 126 valence electrons. The van der Waals surface area contributed by atoms with Gasteiger partial charge in [-0.1, -0.05) is 23.7 Å². The van der Waals surface area contributed by atoms with Crippen molar-refractivity contribution in [3.63, 3.8) is 0 Å². The van der Waals surface area contributed by atoms with Gasteiger partial charge in [0.1, 0.15) is 5.75 Å². The standard InChI is InChI=1S/C18H18BrClN2O2/c1-24-13-6-7-15(19)14(12-13)18(23)22-10-8-21(9-11-22)17-5-3-2-4-16(17)20/h2-7,12H,8-11H2,1H3. The second-order valence-electron chi connectivity index (χ2n) is 5.58. The Morgan fingerprint density at radius 1 is 1.12 bits per heavy atom. The van der Waals surface area contributed by atoms with Crippen molar-refractivity contribution in [2.45, 2.75) is 0 Å². The van der Waals surface area contributed by atoms with Crippen molar-refractivity contribution in [1.29, 1.82) is 0 Å². The van der Waals surface area contributed by atoms with Crippen molar-refractivity contribution in [3.8, 4) is 5.75 Å². The highest BCUT2D eigenvalue weighted by molar-refractivity contribution is 9.10. The lowest BCUT2D eigenvalue weighted by molar-refractivity contribution is 0.0745. The van der Waals surface area contributed by atoms with Gasteiger partial charge in [0.25, 0.3) is 5.91 Å². The first kappa shape index (κ1) is 17.1. The van der Waals surface area contributed by atoms with Gasteiger partial charge in [-0.15, -0.1) is 0 Å². The Morgan fingerprint density at radius 3 is 2.50 bits per heavy atom. The molecule has 6 heteroatoms. The molecule has 0 N–H and O–H groups in total. The van der Waals surface area contributed by atoms with Crippen LogP contribution < -0.4 is 9.64 Å². The number of carbonyl (C=O) groups is 1. The number of hydrogen-bond donors (Lipinski definition) is 0. The second kappa shape index (κ2) is 7.45.